The van der Waals surface area contributed by atoms with Crippen LogP contribution in [0.5, 0.6) is 0 Å². The Hall–Kier alpha value is -2.76. The summed E-state index contributed by atoms with van der Waals surface area (Å²) in [5, 5.41) is 10.7. The van der Waals surface area contributed by atoms with E-state index in [4.69, 9.17) is 0 Å². The molecule has 0 N–H and O–H groups in total. The third kappa shape index (κ3) is 2.23. The molecule has 0 amide bonds. The molecule has 20 heavy (non-hydrogen) atoms. The number of para-hydroxylation sites is 2. The number of hydrogen-bond donors (Lipinski definition) is 0. The van der Waals surface area contributed by atoms with Crippen LogP contribution in [0.2, 0.25) is 0 Å². The van der Waals surface area contributed by atoms with Crippen LogP contribution in [-0.4, -0.2) is 14.5 Å². The van der Waals surface area contributed by atoms with Gasteiger partial charge in [-0.2, -0.15) is 0 Å². The van der Waals surface area contributed by atoms with E-state index in [0.29, 0.717) is 12.1 Å². The third-order valence-corrected chi connectivity index (χ3v) is 3.03. The quantitative estimate of drug-likeness (QED) is 0.543. The van der Waals surface area contributed by atoms with E-state index in [-0.39, 0.29) is 5.69 Å². The number of imidazole rings is 1. The summed E-state index contributed by atoms with van der Waals surface area (Å²) in [6, 6.07) is 11.1. The number of non-ortho nitro benzene ring substituents is 1. The molecular formula is C14H10FN3O2. The number of fused-ring (bicyclic) bond motifs is 1. The van der Waals surface area contributed by atoms with E-state index >= 15 is 0 Å². The van der Waals surface area contributed by atoms with Crippen LogP contribution in [0.3, 0.4) is 0 Å². The second-order valence-corrected chi connectivity index (χ2v) is 4.44. The normalized spacial score (nSPS) is 10.8. The van der Waals surface area contributed by atoms with Crippen LogP contribution in [0.25, 0.3) is 11.0 Å². The maximum absolute atomic E-state index is 13.4. The summed E-state index contributed by atoms with van der Waals surface area (Å²) in [5.74, 6) is -0.612. The van der Waals surface area contributed by atoms with Crippen molar-refractivity contribution < 1.29 is 9.31 Å². The van der Waals surface area contributed by atoms with Crippen molar-refractivity contribution in [2.24, 2.45) is 0 Å². The fraction of sp³-hybridized carbons (Fsp3) is 0.0714. The Morgan fingerprint density at radius 2 is 2.05 bits per heavy atom. The van der Waals surface area contributed by atoms with Gasteiger partial charge < -0.3 is 4.57 Å². The minimum absolute atomic E-state index is 0.246. The van der Waals surface area contributed by atoms with Gasteiger partial charge in [0.2, 0.25) is 0 Å². The largest absolute Gasteiger partial charge is 0.326 e. The smallest absolute Gasteiger partial charge is 0.272 e. The summed E-state index contributed by atoms with van der Waals surface area (Å²) in [4.78, 5) is 14.4. The highest BCUT2D eigenvalue weighted by Crippen LogP contribution is 2.19. The van der Waals surface area contributed by atoms with Gasteiger partial charge in [-0.3, -0.25) is 10.1 Å². The predicted octanol–water partition coefficient (Wildman–Crippen LogP) is 3.13. The minimum Gasteiger partial charge on any atom is -0.326 e. The second kappa shape index (κ2) is 4.73. The third-order valence-electron chi connectivity index (χ3n) is 3.03. The van der Waals surface area contributed by atoms with Crippen molar-refractivity contribution in [1.29, 1.82) is 0 Å². The first-order valence-electron chi connectivity index (χ1n) is 5.97. The number of nitro benzene ring substituents is 1. The molecule has 0 aliphatic carbocycles. The van der Waals surface area contributed by atoms with Crippen LogP contribution in [0.15, 0.2) is 48.8 Å². The van der Waals surface area contributed by atoms with E-state index in [0.717, 1.165) is 17.1 Å². The number of benzene rings is 2. The van der Waals surface area contributed by atoms with E-state index < -0.39 is 10.7 Å². The van der Waals surface area contributed by atoms with Gasteiger partial charge in [0, 0.05) is 12.6 Å². The lowest BCUT2D eigenvalue weighted by Gasteiger charge is -2.05. The Morgan fingerprint density at radius 1 is 1.25 bits per heavy atom. The van der Waals surface area contributed by atoms with Crippen molar-refractivity contribution in [1.82, 2.24) is 9.55 Å². The summed E-state index contributed by atoms with van der Waals surface area (Å²) < 4.78 is 15.2. The standard InChI is InChI=1S/C14H10FN3O2/c15-11-5-10(6-12(7-11)18(19)20)8-17-9-16-13-3-1-2-4-14(13)17/h1-7,9H,8H2. The number of nitrogens with zero attached hydrogens (tertiary/aromatic N) is 3. The summed E-state index contributed by atoms with van der Waals surface area (Å²) in [5.41, 5.74) is 2.02. The molecule has 0 aliphatic rings. The molecule has 0 aliphatic heterocycles. The van der Waals surface area contributed by atoms with Crippen LogP contribution >= 0.6 is 0 Å². The molecule has 6 heteroatoms. The van der Waals surface area contributed by atoms with Gasteiger partial charge in [0.25, 0.3) is 5.69 Å². The number of rotatable bonds is 3. The van der Waals surface area contributed by atoms with E-state index in [1.807, 2.05) is 28.8 Å². The SMILES string of the molecule is O=[N+]([O-])c1cc(F)cc(Cn2cnc3ccccc32)c1. The van der Waals surface area contributed by atoms with Crippen molar-refractivity contribution in [3.8, 4) is 0 Å². The van der Waals surface area contributed by atoms with Crippen LogP contribution in [-0.2, 0) is 6.54 Å². The lowest BCUT2D eigenvalue weighted by Crippen LogP contribution is -2.00. The first-order chi connectivity index (χ1) is 9.63. The van der Waals surface area contributed by atoms with E-state index in [1.165, 1.54) is 12.1 Å². The molecule has 0 spiro atoms. The van der Waals surface area contributed by atoms with E-state index in [9.17, 15) is 14.5 Å². The van der Waals surface area contributed by atoms with Crippen LogP contribution < -0.4 is 0 Å². The fourth-order valence-corrected chi connectivity index (χ4v) is 2.16. The van der Waals surface area contributed by atoms with Crippen molar-refractivity contribution in [3.05, 3.63) is 70.3 Å². The van der Waals surface area contributed by atoms with Gasteiger partial charge in [-0.05, 0) is 23.8 Å². The molecule has 0 radical (unpaired) electrons. The Morgan fingerprint density at radius 3 is 2.85 bits per heavy atom. The molecule has 0 fully saturated rings. The Balaban J connectivity index is 2.00. The van der Waals surface area contributed by atoms with Gasteiger partial charge in [0.15, 0.2) is 0 Å². The molecule has 0 saturated heterocycles. The van der Waals surface area contributed by atoms with Crippen LogP contribution in [0.4, 0.5) is 10.1 Å². The maximum atomic E-state index is 13.4. The Labute approximate surface area is 113 Å². The number of aromatic nitrogens is 2. The van der Waals surface area contributed by atoms with Crippen molar-refractivity contribution in [3.63, 3.8) is 0 Å². The van der Waals surface area contributed by atoms with Gasteiger partial charge in [-0.15, -0.1) is 0 Å². The number of nitro groups is 1. The van der Waals surface area contributed by atoms with E-state index in [2.05, 4.69) is 4.98 Å². The fourth-order valence-electron chi connectivity index (χ4n) is 2.16. The van der Waals surface area contributed by atoms with Crippen LogP contribution in [0, 0.1) is 15.9 Å². The zero-order valence-electron chi connectivity index (χ0n) is 10.4. The monoisotopic (exact) mass is 271 g/mol. The molecule has 1 aromatic heterocycles. The van der Waals surface area contributed by atoms with Gasteiger partial charge in [0.05, 0.1) is 28.4 Å². The van der Waals surface area contributed by atoms with Crippen LogP contribution in [0.1, 0.15) is 5.56 Å². The molecule has 5 nitrogen and oxygen atoms in total. The number of hydrogen-bond acceptors (Lipinski definition) is 3. The molecule has 0 atom stereocenters. The molecule has 100 valence electrons. The number of halogens is 1. The van der Waals surface area contributed by atoms with Crippen molar-refractivity contribution in [2.75, 3.05) is 0 Å². The molecule has 3 rings (SSSR count). The van der Waals surface area contributed by atoms with Gasteiger partial charge in [-0.1, -0.05) is 12.1 Å². The zero-order valence-corrected chi connectivity index (χ0v) is 10.4. The zero-order chi connectivity index (χ0) is 14.1. The lowest BCUT2D eigenvalue weighted by molar-refractivity contribution is -0.385. The molecular weight excluding hydrogens is 261 g/mol. The van der Waals surface area contributed by atoms with Gasteiger partial charge >= 0.3 is 0 Å². The summed E-state index contributed by atoms with van der Waals surface area (Å²) in [6.07, 6.45) is 1.64. The predicted molar refractivity (Wildman–Crippen MR) is 71.9 cm³/mol. The second-order valence-electron chi connectivity index (χ2n) is 4.44. The Kier molecular flexibility index (Phi) is 2.90. The average Bonchev–Trinajstić information content (AvgIpc) is 2.82. The first kappa shape index (κ1) is 12.3. The molecule has 0 unspecified atom stereocenters. The molecule has 0 bridgehead atoms. The highest BCUT2D eigenvalue weighted by Gasteiger charge is 2.11. The molecule has 3 aromatic rings. The Bertz CT molecular complexity index is 798. The average molecular weight is 271 g/mol. The molecule has 2 aromatic carbocycles. The highest BCUT2D eigenvalue weighted by molar-refractivity contribution is 5.75. The van der Waals surface area contributed by atoms with Gasteiger partial charge in [0.1, 0.15) is 5.82 Å². The summed E-state index contributed by atoms with van der Waals surface area (Å²) in [6.45, 7) is 0.332. The maximum Gasteiger partial charge on any atom is 0.272 e. The van der Waals surface area contributed by atoms with Crippen molar-refractivity contribution in [2.45, 2.75) is 6.54 Å². The highest BCUT2D eigenvalue weighted by atomic mass is 19.1. The first-order valence-corrected chi connectivity index (χ1v) is 5.97. The topological polar surface area (TPSA) is 61.0 Å². The lowest BCUT2D eigenvalue weighted by atomic mass is 10.2. The molecule has 1 heterocycles. The van der Waals surface area contributed by atoms with Gasteiger partial charge in [-0.25, -0.2) is 9.37 Å². The minimum atomic E-state index is -0.612. The molecule has 0 saturated carbocycles. The summed E-state index contributed by atoms with van der Waals surface area (Å²) in [7, 11) is 0. The summed E-state index contributed by atoms with van der Waals surface area (Å²) >= 11 is 0. The van der Waals surface area contributed by atoms with Crippen molar-refractivity contribution >= 4 is 16.7 Å². The van der Waals surface area contributed by atoms with E-state index in [1.54, 1.807) is 6.33 Å².